The molecule has 0 amide bonds. The molecule has 0 atom stereocenters. The molecule has 96 valence electrons. The van der Waals surface area contributed by atoms with Gasteiger partial charge in [0, 0.05) is 11.1 Å². The van der Waals surface area contributed by atoms with Crippen LogP contribution in [0.1, 0.15) is 12.7 Å². The fourth-order valence-corrected chi connectivity index (χ4v) is 1.85. The number of benzene rings is 1. The zero-order chi connectivity index (χ0) is 13.0. The minimum Gasteiger partial charge on any atom is -0.496 e. The Labute approximate surface area is 106 Å². The van der Waals surface area contributed by atoms with Crippen molar-refractivity contribution in [2.45, 2.75) is 13.5 Å². The summed E-state index contributed by atoms with van der Waals surface area (Å²) in [5, 5.41) is 3.18. The molecule has 0 aliphatic rings. The van der Waals surface area contributed by atoms with Crippen molar-refractivity contribution in [2.75, 3.05) is 13.7 Å². The van der Waals surface area contributed by atoms with E-state index in [9.17, 15) is 4.39 Å². The molecule has 1 N–H and O–H groups in total. The van der Waals surface area contributed by atoms with Crippen molar-refractivity contribution in [3.63, 3.8) is 0 Å². The monoisotopic (exact) mass is 249 g/mol. The maximum Gasteiger partial charge on any atom is 0.127 e. The van der Waals surface area contributed by atoms with Crippen molar-refractivity contribution in [1.29, 1.82) is 0 Å². The molecule has 1 aromatic heterocycles. The topological polar surface area (TPSA) is 34.4 Å². The van der Waals surface area contributed by atoms with Crippen molar-refractivity contribution in [2.24, 2.45) is 0 Å². The van der Waals surface area contributed by atoms with E-state index in [1.807, 2.05) is 13.0 Å². The normalized spacial score (nSPS) is 10.6. The smallest absolute Gasteiger partial charge is 0.127 e. The summed E-state index contributed by atoms with van der Waals surface area (Å²) in [6, 6.07) is 6.28. The summed E-state index contributed by atoms with van der Waals surface area (Å²) in [6.45, 7) is 3.48. The molecule has 4 heteroatoms. The fraction of sp³-hybridized carbons (Fsp3) is 0.286. The van der Waals surface area contributed by atoms with E-state index < -0.39 is 0 Å². The predicted molar refractivity (Wildman–Crippen MR) is 68.0 cm³/mol. The number of ether oxygens (including phenoxy) is 1. The molecule has 3 nitrogen and oxygen atoms in total. The van der Waals surface area contributed by atoms with E-state index >= 15 is 0 Å². The van der Waals surface area contributed by atoms with Crippen LogP contribution in [0.2, 0.25) is 0 Å². The van der Waals surface area contributed by atoms with E-state index in [1.165, 1.54) is 12.1 Å². The molecule has 18 heavy (non-hydrogen) atoms. The van der Waals surface area contributed by atoms with E-state index in [2.05, 4.69) is 5.32 Å². The van der Waals surface area contributed by atoms with Crippen LogP contribution >= 0.6 is 0 Å². The van der Waals surface area contributed by atoms with Crippen molar-refractivity contribution in [3.8, 4) is 16.9 Å². The Morgan fingerprint density at radius 3 is 2.83 bits per heavy atom. The molecular formula is C14H16FNO2. The van der Waals surface area contributed by atoms with E-state index in [1.54, 1.807) is 19.4 Å². The Morgan fingerprint density at radius 1 is 1.28 bits per heavy atom. The molecule has 0 aliphatic carbocycles. The maximum absolute atomic E-state index is 13.4. The van der Waals surface area contributed by atoms with Gasteiger partial charge in [-0.1, -0.05) is 6.92 Å². The zero-order valence-corrected chi connectivity index (χ0v) is 10.5. The largest absolute Gasteiger partial charge is 0.496 e. The summed E-state index contributed by atoms with van der Waals surface area (Å²) in [7, 11) is 1.57. The van der Waals surface area contributed by atoms with Crippen LogP contribution in [0, 0.1) is 5.82 Å². The first-order chi connectivity index (χ1) is 8.76. The first-order valence-corrected chi connectivity index (χ1v) is 5.87. The highest BCUT2D eigenvalue weighted by atomic mass is 19.1. The van der Waals surface area contributed by atoms with E-state index in [0.29, 0.717) is 17.9 Å². The third-order valence-corrected chi connectivity index (χ3v) is 2.73. The van der Waals surface area contributed by atoms with Crippen molar-refractivity contribution in [1.82, 2.24) is 5.32 Å². The SMILES string of the molecule is CCNCc1occc1-c1cc(F)ccc1OC. The molecule has 1 aromatic carbocycles. The average molecular weight is 249 g/mol. The summed E-state index contributed by atoms with van der Waals surface area (Å²) in [5.41, 5.74) is 1.56. The number of hydrogen-bond donors (Lipinski definition) is 1. The summed E-state index contributed by atoms with van der Waals surface area (Å²) in [5.74, 6) is 1.12. The standard InChI is InChI=1S/C14H16FNO2/c1-3-16-9-14-11(6-7-18-14)12-8-10(15)4-5-13(12)17-2/h4-8,16H,3,9H2,1-2H3. The number of halogens is 1. The van der Waals surface area contributed by atoms with Crippen LogP contribution in [0.25, 0.3) is 11.1 Å². The lowest BCUT2D eigenvalue weighted by Gasteiger charge is -2.09. The number of nitrogens with one attached hydrogen (secondary N) is 1. The lowest BCUT2D eigenvalue weighted by Crippen LogP contribution is -2.11. The van der Waals surface area contributed by atoms with Crippen LogP contribution in [0.4, 0.5) is 4.39 Å². The second kappa shape index (κ2) is 5.69. The first kappa shape index (κ1) is 12.6. The molecule has 2 aromatic rings. The number of rotatable bonds is 5. The molecule has 0 saturated carbocycles. The minimum absolute atomic E-state index is 0.290. The number of methoxy groups -OCH3 is 1. The summed E-state index contributed by atoms with van der Waals surface area (Å²) in [4.78, 5) is 0. The second-order valence-electron chi connectivity index (χ2n) is 3.88. The van der Waals surface area contributed by atoms with Gasteiger partial charge in [-0.2, -0.15) is 0 Å². The van der Waals surface area contributed by atoms with E-state index in [-0.39, 0.29) is 5.82 Å². The van der Waals surface area contributed by atoms with Gasteiger partial charge >= 0.3 is 0 Å². The zero-order valence-electron chi connectivity index (χ0n) is 10.5. The summed E-state index contributed by atoms with van der Waals surface area (Å²) < 4.78 is 24.0. The van der Waals surface area contributed by atoms with Gasteiger partial charge in [-0.25, -0.2) is 4.39 Å². The van der Waals surface area contributed by atoms with E-state index in [0.717, 1.165) is 17.9 Å². The Kier molecular flexibility index (Phi) is 3.99. The van der Waals surface area contributed by atoms with Gasteiger partial charge < -0.3 is 14.5 Å². The average Bonchev–Trinajstić information content (AvgIpc) is 2.84. The van der Waals surface area contributed by atoms with Crippen molar-refractivity contribution >= 4 is 0 Å². The van der Waals surface area contributed by atoms with Crippen LogP contribution in [0.3, 0.4) is 0 Å². The van der Waals surface area contributed by atoms with Gasteiger partial charge in [-0.15, -0.1) is 0 Å². The molecular weight excluding hydrogens is 233 g/mol. The Bertz CT molecular complexity index is 522. The molecule has 0 bridgehead atoms. The van der Waals surface area contributed by atoms with Crippen LogP contribution in [-0.2, 0) is 6.54 Å². The minimum atomic E-state index is -0.290. The van der Waals surface area contributed by atoms with Crippen molar-refractivity contribution < 1.29 is 13.5 Å². The fourth-order valence-electron chi connectivity index (χ4n) is 1.85. The molecule has 1 heterocycles. The first-order valence-electron chi connectivity index (χ1n) is 5.87. The third-order valence-electron chi connectivity index (χ3n) is 2.73. The van der Waals surface area contributed by atoms with Gasteiger partial charge in [0.25, 0.3) is 0 Å². The summed E-state index contributed by atoms with van der Waals surface area (Å²) in [6.07, 6.45) is 1.60. The lowest BCUT2D eigenvalue weighted by atomic mass is 10.0. The number of hydrogen-bond acceptors (Lipinski definition) is 3. The van der Waals surface area contributed by atoms with E-state index in [4.69, 9.17) is 9.15 Å². The highest BCUT2D eigenvalue weighted by Gasteiger charge is 2.13. The number of furan rings is 1. The molecule has 0 fully saturated rings. The molecule has 0 spiro atoms. The Balaban J connectivity index is 2.41. The van der Waals surface area contributed by atoms with Gasteiger partial charge in [0.05, 0.1) is 19.9 Å². The van der Waals surface area contributed by atoms with Gasteiger partial charge in [-0.3, -0.25) is 0 Å². The highest BCUT2D eigenvalue weighted by molar-refractivity contribution is 5.72. The van der Waals surface area contributed by atoms with Gasteiger partial charge in [-0.05, 0) is 30.8 Å². The molecule has 0 saturated heterocycles. The predicted octanol–water partition coefficient (Wildman–Crippen LogP) is 3.20. The highest BCUT2D eigenvalue weighted by Crippen LogP contribution is 2.33. The van der Waals surface area contributed by atoms with Crippen LogP contribution in [-0.4, -0.2) is 13.7 Å². The molecule has 2 rings (SSSR count). The quantitative estimate of drug-likeness (QED) is 0.883. The Morgan fingerprint density at radius 2 is 2.11 bits per heavy atom. The van der Waals surface area contributed by atoms with Crippen LogP contribution in [0.15, 0.2) is 34.9 Å². The van der Waals surface area contributed by atoms with Gasteiger partial charge in [0.2, 0.25) is 0 Å². The third kappa shape index (κ3) is 2.54. The second-order valence-corrected chi connectivity index (χ2v) is 3.88. The molecule has 0 aliphatic heterocycles. The Hall–Kier alpha value is -1.81. The van der Waals surface area contributed by atoms with Gasteiger partial charge in [0.1, 0.15) is 17.3 Å². The lowest BCUT2D eigenvalue weighted by molar-refractivity contribution is 0.415. The molecule has 0 unspecified atom stereocenters. The molecule has 0 radical (unpaired) electrons. The summed E-state index contributed by atoms with van der Waals surface area (Å²) >= 11 is 0. The maximum atomic E-state index is 13.4. The van der Waals surface area contributed by atoms with Crippen molar-refractivity contribution in [3.05, 3.63) is 42.1 Å². The van der Waals surface area contributed by atoms with Gasteiger partial charge in [0.15, 0.2) is 0 Å². The van der Waals surface area contributed by atoms with Crippen LogP contribution < -0.4 is 10.1 Å². The van der Waals surface area contributed by atoms with Crippen LogP contribution in [0.5, 0.6) is 5.75 Å².